The first kappa shape index (κ1) is 21.3. The Labute approximate surface area is 171 Å². The molecular formula is C18H17ClF2N2O5S. The summed E-state index contributed by atoms with van der Waals surface area (Å²) in [4.78, 5) is 15.8. The zero-order valence-electron chi connectivity index (χ0n) is 15.2. The van der Waals surface area contributed by atoms with Crippen molar-refractivity contribution in [3.63, 3.8) is 0 Å². The Bertz CT molecular complexity index is 1040. The zero-order chi connectivity index (χ0) is 21.2. The molecule has 156 valence electrons. The highest BCUT2D eigenvalue weighted by Crippen LogP contribution is 2.32. The van der Waals surface area contributed by atoms with E-state index in [9.17, 15) is 22.0 Å². The second-order valence-corrected chi connectivity index (χ2v) is 8.78. The van der Waals surface area contributed by atoms with Gasteiger partial charge < -0.3 is 9.47 Å². The molecule has 0 aliphatic heterocycles. The van der Waals surface area contributed by atoms with Gasteiger partial charge in [-0.15, -0.1) is 0 Å². The summed E-state index contributed by atoms with van der Waals surface area (Å²) in [5.41, 5.74) is -0.915. The molecule has 29 heavy (non-hydrogen) atoms. The highest BCUT2D eigenvalue weighted by atomic mass is 35.5. The molecule has 1 amide bonds. The van der Waals surface area contributed by atoms with Gasteiger partial charge in [0.25, 0.3) is 5.91 Å². The quantitative estimate of drug-likeness (QED) is 0.669. The lowest BCUT2D eigenvalue weighted by Crippen LogP contribution is -2.30. The third-order valence-electron chi connectivity index (χ3n) is 3.99. The average Bonchev–Trinajstić information content (AvgIpc) is 3.44. The molecule has 1 aliphatic rings. The van der Waals surface area contributed by atoms with Crippen molar-refractivity contribution in [2.45, 2.75) is 19.4 Å². The van der Waals surface area contributed by atoms with Crippen LogP contribution in [0.3, 0.4) is 0 Å². The molecule has 1 aliphatic carbocycles. The van der Waals surface area contributed by atoms with E-state index < -0.39 is 33.1 Å². The first-order chi connectivity index (χ1) is 13.6. The number of sulfonamides is 1. The van der Waals surface area contributed by atoms with E-state index in [1.165, 1.54) is 12.3 Å². The second-order valence-electron chi connectivity index (χ2n) is 6.63. The summed E-state index contributed by atoms with van der Waals surface area (Å²) in [7, 11) is -3.91. The lowest BCUT2D eigenvalue weighted by atomic mass is 10.1. The summed E-state index contributed by atoms with van der Waals surface area (Å²) in [5.74, 6) is -2.28. The van der Waals surface area contributed by atoms with Crippen LogP contribution in [-0.2, 0) is 16.6 Å². The predicted molar refractivity (Wildman–Crippen MR) is 100 cm³/mol. The Morgan fingerprint density at radius 3 is 2.59 bits per heavy atom. The van der Waals surface area contributed by atoms with E-state index in [1.54, 1.807) is 4.72 Å². The van der Waals surface area contributed by atoms with Crippen LogP contribution in [0.2, 0.25) is 5.02 Å². The van der Waals surface area contributed by atoms with Gasteiger partial charge in [0.15, 0.2) is 0 Å². The number of nitrogens with one attached hydrogen (secondary N) is 1. The van der Waals surface area contributed by atoms with Crippen molar-refractivity contribution in [2.24, 2.45) is 5.92 Å². The monoisotopic (exact) mass is 446 g/mol. The summed E-state index contributed by atoms with van der Waals surface area (Å²) in [5, 5.41) is 0.225. The number of benzene rings is 1. The number of hydrogen-bond acceptors (Lipinski definition) is 6. The molecule has 1 N–H and O–H groups in total. The standard InChI is InChI=1S/C18H17ClF2N2O5S/c1-29(25,26)23-17(24)13-6-15(20)11(4-16(13)21)9-27-12-5-14(19)18(22-7-12)28-8-10-2-3-10/h4-7,10H,2-3,8-9H2,1H3,(H,23,24). The number of pyridine rings is 1. The molecule has 0 bridgehead atoms. The predicted octanol–water partition coefficient (Wildman–Crippen LogP) is 3.07. The highest BCUT2D eigenvalue weighted by Gasteiger charge is 2.23. The SMILES string of the molecule is CS(=O)(=O)NC(=O)c1cc(F)c(COc2cnc(OCC3CC3)c(Cl)c2)cc1F. The van der Waals surface area contributed by atoms with Crippen LogP contribution in [0.25, 0.3) is 0 Å². The molecule has 1 aromatic heterocycles. The fourth-order valence-corrected chi connectivity index (χ4v) is 2.99. The minimum atomic E-state index is -3.91. The maximum atomic E-state index is 14.2. The first-order valence-corrected chi connectivity index (χ1v) is 10.8. The molecule has 1 heterocycles. The van der Waals surface area contributed by atoms with E-state index >= 15 is 0 Å². The lowest BCUT2D eigenvalue weighted by Gasteiger charge is -2.11. The molecule has 1 aromatic carbocycles. The van der Waals surface area contributed by atoms with Gasteiger partial charge >= 0.3 is 0 Å². The third kappa shape index (κ3) is 6.01. The van der Waals surface area contributed by atoms with E-state index in [0.29, 0.717) is 18.6 Å². The van der Waals surface area contributed by atoms with Crippen LogP contribution in [0, 0.1) is 17.6 Å². The molecule has 2 aromatic rings. The largest absolute Gasteiger partial charge is 0.487 e. The van der Waals surface area contributed by atoms with E-state index in [2.05, 4.69) is 4.98 Å². The number of nitrogens with zero attached hydrogens (tertiary/aromatic N) is 1. The van der Waals surface area contributed by atoms with Crippen molar-refractivity contribution >= 4 is 27.5 Å². The van der Waals surface area contributed by atoms with Gasteiger partial charge in [-0.2, -0.15) is 0 Å². The number of halogens is 3. The van der Waals surface area contributed by atoms with Gasteiger partial charge in [-0.1, -0.05) is 11.6 Å². The number of rotatable bonds is 8. The number of hydrogen-bond donors (Lipinski definition) is 1. The molecule has 0 spiro atoms. The van der Waals surface area contributed by atoms with Crippen LogP contribution >= 0.6 is 11.6 Å². The average molecular weight is 447 g/mol. The van der Waals surface area contributed by atoms with Gasteiger partial charge in [0.1, 0.15) is 29.0 Å². The maximum absolute atomic E-state index is 14.2. The minimum absolute atomic E-state index is 0.177. The fraction of sp³-hybridized carbons (Fsp3) is 0.333. The van der Waals surface area contributed by atoms with Gasteiger partial charge in [0, 0.05) is 11.6 Å². The first-order valence-electron chi connectivity index (χ1n) is 8.53. The van der Waals surface area contributed by atoms with Gasteiger partial charge in [0.05, 0.1) is 24.6 Å². The van der Waals surface area contributed by atoms with Crippen molar-refractivity contribution in [1.82, 2.24) is 9.71 Å². The Morgan fingerprint density at radius 1 is 1.24 bits per heavy atom. The smallest absolute Gasteiger partial charge is 0.267 e. The van der Waals surface area contributed by atoms with Crippen molar-refractivity contribution < 1.29 is 31.5 Å². The summed E-state index contributed by atoms with van der Waals surface area (Å²) < 4.78 is 62.9. The normalized spacial score (nSPS) is 13.8. The van der Waals surface area contributed by atoms with Crippen LogP contribution in [0.4, 0.5) is 8.78 Å². The molecule has 11 heteroatoms. The van der Waals surface area contributed by atoms with Gasteiger partial charge in [-0.05, 0) is 30.9 Å². The number of carbonyl (C=O) groups is 1. The van der Waals surface area contributed by atoms with Gasteiger partial charge in [-0.25, -0.2) is 26.9 Å². The molecule has 1 saturated carbocycles. The number of aromatic nitrogens is 1. The van der Waals surface area contributed by atoms with Crippen molar-refractivity contribution in [1.29, 1.82) is 0 Å². The van der Waals surface area contributed by atoms with E-state index in [1.807, 2.05) is 0 Å². The lowest BCUT2D eigenvalue weighted by molar-refractivity contribution is 0.0977. The molecule has 0 atom stereocenters. The minimum Gasteiger partial charge on any atom is -0.487 e. The van der Waals surface area contributed by atoms with E-state index in [-0.39, 0.29) is 28.8 Å². The van der Waals surface area contributed by atoms with Crippen LogP contribution in [0.15, 0.2) is 24.4 Å². The molecule has 0 unspecified atom stereocenters. The molecule has 1 fully saturated rings. The fourth-order valence-electron chi connectivity index (χ4n) is 2.33. The summed E-state index contributed by atoms with van der Waals surface area (Å²) in [6.07, 6.45) is 4.31. The van der Waals surface area contributed by atoms with Gasteiger partial charge in [-0.3, -0.25) is 4.79 Å². The molecule has 3 rings (SSSR count). The highest BCUT2D eigenvalue weighted by molar-refractivity contribution is 7.89. The Kier molecular flexibility index (Phi) is 6.23. The Morgan fingerprint density at radius 2 is 1.97 bits per heavy atom. The summed E-state index contributed by atoms with van der Waals surface area (Å²) >= 11 is 6.08. The number of ether oxygens (including phenoxy) is 2. The topological polar surface area (TPSA) is 94.6 Å². The molecule has 0 saturated heterocycles. The third-order valence-corrected chi connectivity index (χ3v) is 4.82. The van der Waals surface area contributed by atoms with Crippen LogP contribution in [0.1, 0.15) is 28.8 Å². The van der Waals surface area contributed by atoms with E-state index in [4.69, 9.17) is 21.1 Å². The Hall–Kier alpha value is -2.46. The van der Waals surface area contributed by atoms with Gasteiger partial charge in [0.2, 0.25) is 15.9 Å². The van der Waals surface area contributed by atoms with Crippen molar-refractivity contribution in [3.05, 3.63) is 52.2 Å². The van der Waals surface area contributed by atoms with E-state index in [0.717, 1.165) is 25.2 Å². The van der Waals surface area contributed by atoms with Crippen molar-refractivity contribution in [2.75, 3.05) is 12.9 Å². The summed E-state index contributed by atoms with van der Waals surface area (Å²) in [6.45, 7) is 0.174. The van der Waals surface area contributed by atoms with Crippen molar-refractivity contribution in [3.8, 4) is 11.6 Å². The number of carbonyl (C=O) groups excluding carboxylic acids is 1. The molecule has 0 radical (unpaired) electrons. The van der Waals surface area contributed by atoms with Crippen LogP contribution in [-0.4, -0.2) is 32.2 Å². The van der Waals surface area contributed by atoms with Crippen LogP contribution in [0.5, 0.6) is 11.6 Å². The summed E-state index contributed by atoms with van der Waals surface area (Å²) in [6, 6.07) is 2.81. The zero-order valence-corrected chi connectivity index (χ0v) is 16.8. The molecule has 7 nitrogen and oxygen atoms in total. The number of amides is 1. The van der Waals surface area contributed by atoms with Crippen LogP contribution < -0.4 is 14.2 Å². The Balaban J connectivity index is 1.66. The second kappa shape index (κ2) is 8.50. The molecular weight excluding hydrogens is 430 g/mol. The maximum Gasteiger partial charge on any atom is 0.267 e.